The predicted molar refractivity (Wildman–Crippen MR) is 119 cm³/mol. The molecule has 27 heavy (non-hydrogen) atoms. The normalized spacial score (nSPS) is 9.81. The summed E-state index contributed by atoms with van der Waals surface area (Å²) in [4.78, 5) is 7.85. The summed E-state index contributed by atoms with van der Waals surface area (Å²) < 4.78 is 3.68. The van der Waals surface area contributed by atoms with Crippen molar-refractivity contribution >= 4 is 92.1 Å². The summed E-state index contributed by atoms with van der Waals surface area (Å²) in [6.07, 6.45) is 2.99. The molecule has 0 radical (unpaired) electrons. The zero-order valence-corrected chi connectivity index (χ0v) is 18.9. The van der Waals surface area contributed by atoms with Gasteiger partial charge in [0.05, 0.1) is 28.1 Å². The third kappa shape index (κ3) is 4.38. The molecule has 6 nitrogen and oxygen atoms in total. The molecule has 4 heterocycles. The van der Waals surface area contributed by atoms with Crippen LogP contribution in [0.1, 0.15) is 11.1 Å². The molecule has 4 aromatic heterocycles. The second-order valence-corrected chi connectivity index (χ2v) is 10.1. The third-order valence-corrected chi connectivity index (χ3v) is 6.92. The first-order chi connectivity index (χ1) is 12.4. The lowest BCUT2D eigenvalue weighted by atomic mass is 10.2. The number of hydrogen-bond acceptors (Lipinski definition) is 8. The Morgan fingerprint density at radius 2 is 1.41 bits per heavy atom. The summed E-state index contributed by atoms with van der Waals surface area (Å²) in [5, 5.41) is 19.7. The first-order valence-electron chi connectivity index (χ1n) is 6.81. The third-order valence-electron chi connectivity index (χ3n) is 3.27. The van der Waals surface area contributed by atoms with E-state index in [9.17, 15) is 0 Å². The Balaban J connectivity index is 0.000000187. The summed E-state index contributed by atoms with van der Waals surface area (Å²) in [5.74, 6) is 0.468. The quantitative estimate of drug-likeness (QED) is 0.251. The van der Waals surface area contributed by atoms with E-state index in [0.29, 0.717) is 22.1 Å². The maximum atomic E-state index is 8.80. The second kappa shape index (κ2) is 8.93. The standard InChI is InChI=1S/C8H2BrClN2S.C8H4BrN3S.H3N/c9-6-1-5-7(13-6)4(2-11)3-12-8(5)10;9-6-1-5-7(13-6)4(2-10)3-12-8(5)11;/h1,3H;1,3H,(H2,11,12);1H3. The van der Waals surface area contributed by atoms with Gasteiger partial charge in [0.2, 0.25) is 0 Å². The fourth-order valence-corrected chi connectivity index (χ4v) is 5.52. The van der Waals surface area contributed by atoms with E-state index >= 15 is 0 Å². The minimum atomic E-state index is 0. The number of rotatable bonds is 0. The monoisotopic (exact) mass is 542 g/mol. The molecule has 4 rings (SSSR count). The molecular weight excluding hydrogens is 536 g/mol. The largest absolute Gasteiger partial charge is 0.383 e. The van der Waals surface area contributed by atoms with Gasteiger partial charge in [-0.15, -0.1) is 22.7 Å². The molecule has 5 N–H and O–H groups in total. The van der Waals surface area contributed by atoms with Crippen molar-refractivity contribution in [2.45, 2.75) is 0 Å². The Labute approximate surface area is 184 Å². The number of anilines is 1. The Morgan fingerprint density at radius 3 is 1.96 bits per heavy atom. The molecule has 0 spiro atoms. The molecule has 0 aliphatic carbocycles. The lowest BCUT2D eigenvalue weighted by molar-refractivity contribution is 1.34. The summed E-state index contributed by atoms with van der Waals surface area (Å²) in [7, 11) is 0. The van der Waals surface area contributed by atoms with E-state index < -0.39 is 0 Å². The van der Waals surface area contributed by atoms with Crippen LogP contribution < -0.4 is 11.9 Å². The Morgan fingerprint density at radius 1 is 0.926 bits per heavy atom. The molecule has 0 atom stereocenters. The summed E-state index contributed by atoms with van der Waals surface area (Å²) in [6, 6.07) is 7.91. The number of nitrogens with two attached hydrogens (primary N) is 1. The number of thiophene rings is 2. The number of nitriles is 2. The van der Waals surface area contributed by atoms with Crippen LogP contribution in [-0.4, -0.2) is 9.97 Å². The molecule has 0 aliphatic rings. The van der Waals surface area contributed by atoms with Crippen molar-refractivity contribution < 1.29 is 0 Å². The molecule has 0 fully saturated rings. The van der Waals surface area contributed by atoms with Gasteiger partial charge in [-0.25, -0.2) is 9.97 Å². The maximum absolute atomic E-state index is 8.80. The average Bonchev–Trinajstić information content (AvgIpc) is 3.20. The highest BCUT2D eigenvalue weighted by Crippen LogP contribution is 2.35. The van der Waals surface area contributed by atoms with Gasteiger partial charge < -0.3 is 11.9 Å². The molecule has 0 aromatic carbocycles. The van der Waals surface area contributed by atoms with Gasteiger partial charge in [0.25, 0.3) is 0 Å². The van der Waals surface area contributed by atoms with E-state index in [0.717, 1.165) is 27.7 Å². The SMILES string of the molecule is N.N#Cc1cnc(Cl)c2cc(Br)sc12.N#Cc1cnc(N)c2cc(Br)sc12. The average molecular weight is 545 g/mol. The van der Waals surface area contributed by atoms with Crippen molar-refractivity contribution in [2.75, 3.05) is 5.73 Å². The number of nitrogen functional groups attached to an aromatic ring is 1. The van der Waals surface area contributed by atoms with Gasteiger partial charge >= 0.3 is 0 Å². The fraction of sp³-hybridized carbons (Fsp3) is 0. The van der Waals surface area contributed by atoms with E-state index in [1.54, 1.807) is 0 Å². The molecule has 0 bridgehead atoms. The van der Waals surface area contributed by atoms with Crippen LogP contribution in [0, 0.1) is 22.7 Å². The van der Waals surface area contributed by atoms with Gasteiger partial charge in [-0.2, -0.15) is 10.5 Å². The molecule has 4 aromatic rings. The maximum Gasteiger partial charge on any atom is 0.137 e. The van der Waals surface area contributed by atoms with E-state index in [1.807, 2.05) is 12.1 Å². The zero-order valence-electron chi connectivity index (χ0n) is 13.3. The lowest BCUT2D eigenvalue weighted by Gasteiger charge is -1.94. The highest BCUT2D eigenvalue weighted by molar-refractivity contribution is 9.11. The second-order valence-electron chi connectivity index (χ2n) is 4.83. The molecule has 11 heteroatoms. The fourth-order valence-electron chi connectivity index (χ4n) is 2.14. The predicted octanol–water partition coefficient (Wildman–Crippen LogP) is 6.26. The van der Waals surface area contributed by atoms with E-state index in [2.05, 4.69) is 54.0 Å². The number of halogens is 3. The van der Waals surface area contributed by atoms with E-state index in [4.69, 9.17) is 27.9 Å². The van der Waals surface area contributed by atoms with Crippen LogP contribution in [0.25, 0.3) is 20.2 Å². The number of hydrogen-bond donors (Lipinski definition) is 2. The van der Waals surface area contributed by atoms with Gasteiger partial charge in [-0.05, 0) is 44.0 Å². The van der Waals surface area contributed by atoms with Crippen LogP contribution in [0.2, 0.25) is 5.15 Å². The topological polar surface area (TPSA) is 134 Å². The van der Waals surface area contributed by atoms with Gasteiger partial charge in [-0.3, -0.25) is 0 Å². The molecule has 136 valence electrons. The van der Waals surface area contributed by atoms with E-state index in [1.165, 1.54) is 35.1 Å². The molecule has 0 unspecified atom stereocenters. The van der Waals surface area contributed by atoms with Crippen LogP contribution in [0.4, 0.5) is 5.82 Å². The van der Waals surface area contributed by atoms with Crippen LogP contribution in [0.3, 0.4) is 0 Å². The Kier molecular flexibility index (Phi) is 7.12. The number of fused-ring (bicyclic) bond motifs is 2. The Hall–Kier alpha value is -1.79. The van der Waals surface area contributed by atoms with Gasteiger partial charge in [0.1, 0.15) is 23.1 Å². The first-order valence-corrected chi connectivity index (χ1v) is 10.4. The van der Waals surface area contributed by atoms with Crippen molar-refractivity contribution in [1.29, 1.82) is 10.5 Å². The molecular formula is C16H9Br2ClN6S2. The summed E-state index contributed by atoms with van der Waals surface area (Å²) in [6.45, 7) is 0. The number of nitrogens with zero attached hydrogens (tertiary/aromatic N) is 4. The minimum absolute atomic E-state index is 0. The number of pyridine rings is 2. The highest BCUT2D eigenvalue weighted by atomic mass is 79.9. The van der Waals surface area contributed by atoms with Crippen molar-refractivity contribution in [3.05, 3.63) is 48.4 Å². The van der Waals surface area contributed by atoms with Crippen molar-refractivity contribution in [3.63, 3.8) is 0 Å². The van der Waals surface area contributed by atoms with Crippen LogP contribution in [0.15, 0.2) is 32.1 Å². The smallest absolute Gasteiger partial charge is 0.137 e. The molecule has 0 aliphatic heterocycles. The van der Waals surface area contributed by atoms with Crippen LogP contribution >= 0.6 is 66.1 Å². The Bertz CT molecular complexity index is 1130. The van der Waals surface area contributed by atoms with Crippen molar-refractivity contribution in [3.8, 4) is 12.1 Å². The zero-order chi connectivity index (χ0) is 18.8. The number of aromatic nitrogens is 2. The molecule has 0 saturated heterocycles. The van der Waals surface area contributed by atoms with Gasteiger partial charge in [0, 0.05) is 23.2 Å². The van der Waals surface area contributed by atoms with Crippen LogP contribution in [0.5, 0.6) is 0 Å². The van der Waals surface area contributed by atoms with Gasteiger partial charge in [0.15, 0.2) is 0 Å². The first kappa shape index (κ1) is 21.5. The molecule has 0 amide bonds. The van der Waals surface area contributed by atoms with Crippen molar-refractivity contribution in [1.82, 2.24) is 16.1 Å². The summed E-state index contributed by atoms with van der Waals surface area (Å²) in [5.41, 5.74) is 6.79. The summed E-state index contributed by atoms with van der Waals surface area (Å²) >= 11 is 15.5. The minimum Gasteiger partial charge on any atom is -0.383 e. The highest BCUT2D eigenvalue weighted by Gasteiger charge is 2.09. The van der Waals surface area contributed by atoms with E-state index in [-0.39, 0.29) is 6.15 Å². The lowest BCUT2D eigenvalue weighted by Crippen LogP contribution is -1.90. The van der Waals surface area contributed by atoms with Crippen LogP contribution in [-0.2, 0) is 0 Å². The van der Waals surface area contributed by atoms with Crippen molar-refractivity contribution in [2.24, 2.45) is 0 Å². The molecule has 0 saturated carbocycles. The van der Waals surface area contributed by atoms with Gasteiger partial charge in [-0.1, -0.05) is 11.6 Å².